The number of rotatable bonds is 8. The molecule has 58 heavy (non-hydrogen) atoms. The molecule has 1 aliphatic rings. The molecular weight excluding hydrogens is 709 g/mol. The van der Waals surface area contributed by atoms with Crippen LogP contribution < -0.4 is 9.80 Å². The van der Waals surface area contributed by atoms with E-state index in [1.807, 2.05) is 6.07 Å². The molecule has 0 saturated heterocycles. The lowest BCUT2D eigenvalue weighted by molar-refractivity contribution is 0.655. The SMILES string of the molecule is c1ccc(-c2ccc3oc4c(C5c6ccc(N(c7ccccc7)c7ccccc7)cc6-c6cc(N(c7ccccc7)c7ccccc7)ccc65)ncnc4c3c2)cc1. The molecule has 0 bridgehead atoms. The van der Waals surface area contributed by atoms with Crippen molar-refractivity contribution in [1.82, 2.24) is 9.97 Å². The lowest BCUT2D eigenvalue weighted by Crippen LogP contribution is -2.10. The van der Waals surface area contributed by atoms with Gasteiger partial charge >= 0.3 is 0 Å². The number of anilines is 6. The van der Waals surface area contributed by atoms with E-state index < -0.39 is 0 Å². The molecule has 0 unspecified atom stereocenters. The molecule has 1 aliphatic carbocycles. The summed E-state index contributed by atoms with van der Waals surface area (Å²) in [5.41, 5.74) is 16.6. The molecule has 0 fully saturated rings. The molecule has 0 amide bonds. The summed E-state index contributed by atoms with van der Waals surface area (Å²) in [5, 5.41) is 0.979. The molecule has 5 nitrogen and oxygen atoms in total. The molecule has 10 aromatic rings. The first kappa shape index (κ1) is 33.6. The van der Waals surface area contributed by atoms with Gasteiger partial charge in [-0.2, -0.15) is 0 Å². The van der Waals surface area contributed by atoms with Gasteiger partial charge in [-0.15, -0.1) is 0 Å². The molecule has 8 aromatic carbocycles. The van der Waals surface area contributed by atoms with Crippen LogP contribution in [0.1, 0.15) is 22.7 Å². The Bertz CT molecular complexity index is 2850. The maximum Gasteiger partial charge on any atom is 0.176 e. The number of benzene rings is 8. The second kappa shape index (κ2) is 14.1. The van der Waals surface area contributed by atoms with E-state index in [-0.39, 0.29) is 5.92 Å². The summed E-state index contributed by atoms with van der Waals surface area (Å²) in [5.74, 6) is -0.184. The van der Waals surface area contributed by atoms with Gasteiger partial charge in [0.2, 0.25) is 0 Å². The Morgan fingerprint density at radius 3 is 1.34 bits per heavy atom. The highest BCUT2D eigenvalue weighted by atomic mass is 16.3. The fourth-order valence-electron chi connectivity index (χ4n) is 8.61. The number of hydrogen-bond donors (Lipinski definition) is 0. The van der Waals surface area contributed by atoms with Gasteiger partial charge in [0.05, 0.1) is 11.6 Å². The molecule has 0 saturated carbocycles. The van der Waals surface area contributed by atoms with Crippen LogP contribution in [0.5, 0.6) is 0 Å². The van der Waals surface area contributed by atoms with Crippen molar-refractivity contribution >= 4 is 56.2 Å². The standard InChI is InChI=1S/C53H36N4O/c1-6-16-36(17-7-1)37-26-31-49-48(32-37)51-53(58-49)52(55-35-54-51)50-44-29-27-42(56(38-18-8-2-9-19-38)39-20-10-3-11-21-39)33-46(44)47-34-43(28-30-45(47)50)57(40-22-12-4-13-23-40)41-24-14-5-15-25-41/h1-35,50H. The summed E-state index contributed by atoms with van der Waals surface area (Å²) >= 11 is 0. The maximum atomic E-state index is 6.73. The monoisotopic (exact) mass is 744 g/mol. The van der Waals surface area contributed by atoms with Crippen molar-refractivity contribution < 1.29 is 4.42 Å². The van der Waals surface area contributed by atoms with Gasteiger partial charge in [-0.3, -0.25) is 0 Å². The quantitative estimate of drug-likeness (QED) is 0.155. The van der Waals surface area contributed by atoms with E-state index in [2.05, 4.69) is 210 Å². The van der Waals surface area contributed by atoms with E-state index in [1.165, 1.54) is 11.1 Å². The Balaban J connectivity index is 1.13. The van der Waals surface area contributed by atoms with Gasteiger partial charge in [-0.25, -0.2) is 9.97 Å². The smallest absolute Gasteiger partial charge is 0.176 e. The van der Waals surface area contributed by atoms with Crippen LogP contribution in [-0.4, -0.2) is 9.97 Å². The van der Waals surface area contributed by atoms with E-state index >= 15 is 0 Å². The molecular formula is C53H36N4O. The maximum absolute atomic E-state index is 6.73. The minimum absolute atomic E-state index is 0.184. The molecule has 5 heteroatoms. The van der Waals surface area contributed by atoms with Crippen molar-refractivity contribution in [3.8, 4) is 22.3 Å². The molecule has 11 rings (SSSR count). The van der Waals surface area contributed by atoms with Gasteiger partial charge in [0.1, 0.15) is 17.4 Å². The third-order valence-corrected chi connectivity index (χ3v) is 11.2. The number of hydrogen-bond acceptors (Lipinski definition) is 5. The van der Waals surface area contributed by atoms with Crippen LogP contribution >= 0.6 is 0 Å². The normalized spacial score (nSPS) is 12.1. The van der Waals surface area contributed by atoms with Crippen molar-refractivity contribution in [3.63, 3.8) is 0 Å². The number of para-hydroxylation sites is 4. The topological polar surface area (TPSA) is 45.4 Å². The number of nitrogens with zero attached hydrogens (tertiary/aromatic N) is 4. The molecule has 2 aromatic heterocycles. The van der Waals surface area contributed by atoms with Crippen molar-refractivity contribution in [2.75, 3.05) is 9.80 Å². The molecule has 274 valence electrons. The van der Waals surface area contributed by atoms with Crippen LogP contribution in [0.25, 0.3) is 44.3 Å². The van der Waals surface area contributed by atoms with Gasteiger partial charge in [-0.1, -0.05) is 121 Å². The average Bonchev–Trinajstić information content (AvgIpc) is 3.83. The highest BCUT2D eigenvalue weighted by Gasteiger charge is 2.35. The first-order chi connectivity index (χ1) is 28.8. The second-order valence-corrected chi connectivity index (χ2v) is 14.6. The predicted octanol–water partition coefficient (Wildman–Crippen LogP) is 14.1. The van der Waals surface area contributed by atoms with Gasteiger partial charge in [0.15, 0.2) is 5.58 Å². The lowest BCUT2D eigenvalue weighted by Gasteiger charge is -2.27. The zero-order valence-electron chi connectivity index (χ0n) is 31.5. The highest BCUT2D eigenvalue weighted by molar-refractivity contribution is 6.05. The van der Waals surface area contributed by atoms with Crippen molar-refractivity contribution in [2.24, 2.45) is 0 Å². The summed E-state index contributed by atoms with van der Waals surface area (Å²) in [7, 11) is 0. The van der Waals surface area contributed by atoms with E-state index in [0.717, 1.165) is 78.6 Å². The Kier molecular flexibility index (Phi) is 8.14. The van der Waals surface area contributed by atoms with Crippen LogP contribution in [0.3, 0.4) is 0 Å². The summed E-state index contributed by atoms with van der Waals surface area (Å²) in [6.07, 6.45) is 1.70. The largest absolute Gasteiger partial charge is 0.452 e. The zero-order chi connectivity index (χ0) is 38.4. The molecule has 0 spiro atoms. The van der Waals surface area contributed by atoms with Crippen molar-refractivity contribution in [3.05, 3.63) is 229 Å². The van der Waals surface area contributed by atoms with E-state index in [9.17, 15) is 0 Å². The lowest BCUT2D eigenvalue weighted by atomic mass is 9.92. The molecule has 0 N–H and O–H groups in total. The van der Waals surface area contributed by atoms with Crippen molar-refractivity contribution in [1.29, 1.82) is 0 Å². The van der Waals surface area contributed by atoms with Crippen LogP contribution in [0.2, 0.25) is 0 Å². The van der Waals surface area contributed by atoms with E-state index in [1.54, 1.807) is 6.33 Å². The third-order valence-electron chi connectivity index (χ3n) is 11.2. The highest BCUT2D eigenvalue weighted by Crippen LogP contribution is 2.53. The Morgan fingerprint density at radius 1 is 0.397 bits per heavy atom. The second-order valence-electron chi connectivity index (χ2n) is 14.6. The number of aromatic nitrogens is 2. The molecule has 2 heterocycles. The summed E-state index contributed by atoms with van der Waals surface area (Å²) in [4.78, 5) is 14.5. The van der Waals surface area contributed by atoms with Crippen LogP contribution in [0.4, 0.5) is 34.1 Å². The van der Waals surface area contributed by atoms with Gasteiger partial charge < -0.3 is 14.2 Å². The Morgan fingerprint density at radius 2 is 0.862 bits per heavy atom. The minimum Gasteiger partial charge on any atom is -0.452 e. The summed E-state index contributed by atoms with van der Waals surface area (Å²) in [6.45, 7) is 0. The van der Waals surface area contributed by atoms with Crippen LogP contribution in [0, 0.1) is 0 Å². The first-order valence-electron chi connectivity index (χ1n) is 19.6. The minimum atomic E-state index is -0.184. The van der Waals surface area contributed by atoms with Crippen molar-refractivity contribution in [2.45, 2.75) is 5.92 Å². The van der Waals surface area contributed by atoms with Gasteiger partial charge in [0.25, 0.3) is 0 Å². The van der Waals surface area contributed by atoms with Crippen LogP contribution in [-0.2, 0) is 0 Å². The molecule has 0 radical (unpaired) electrons. The van der Waals surface area contributed by atoms with Gasteiger partial charge in [-0.05, 0) is 118 Å². The zero-order valence-corrected chi connectivity index (χ0v) is 31.5. The fourth-order valence-corrected chi connectivity index (χ4v) is 8.61. The predicted molar refractivity (Wildman–Crippen MR) is 237 cm³/mol. The fraction of sp³-hybridized carbons (Fsp3) is 0.0189. The number of furan rings is 1. The molecule has 0 aliphatic heterocycles. The summed E-state index contributed by atoms with van der Waals surface area (Å²) < 4.78 is 6.73. The third kappa shape index (κ3) is 5.72. The Labute approximate surface area is 336 Å². The summed E-state index contributed by atoms with van der Waals surface area (Å²) in [6, 6.07) is 72.8. The van der Waals surface area contributed by atoms with Gasteiger partial charge in [0, 0.05) is 39.5 Å². The van der Waals surface area contributed by atoms with E-state index in [0.29, 0.717) is 5.58 Å². The average molecular weight is 745 g/mol. The molecule has 0 atom stereocenters. The van der Waals surface area contributed by atoms with Crippen LogP contribution in [0.15, 0.2) is 217 Å². The number of fused-ring (bicyclic) bond motifs is 6. The van der Waals surface area contributed by atoms with E-state index in [4.69, 9.17) is 14.4 Å². The Hall–Kier alpha value is -7.76. The first-order valence-corrected chi connectivity index (χ1v) is 19.6.